The van der Waals surface area contributed by atoms with E-state index in [4.69, 9.17) is 5.73 Å². The molecule has 0 bridgehead atoms. The number of piperazine rings is 1. The number of nitrogens with two attached hydrogens (primary N) is 1. The fourth-order valence-electron chi connectivity index (χ4n) is 2.47. The smallest absolute Gasteiger partial charge is 0.180 e. The third-order valence-electron chi connectivity index (χ3n) is 3.70. The second kappa shape index (κ2) is 5.90. The topological polar surface area (TPSA) is 63.2 Å². The molecule has 0 amide bonds. The lowest BCUT2D eigenvalue weighted by molar-refractivity contribution is 0.120. The Morgan fingerprint density at radius 2 is 1.85 bits per heavy atom. The third-order valence-corrected chi connectivity index (χ3v) is 4.51. The number of thiazole rings is 1. The molecule has 0 radical (unpaired) electrons. The Kier molecular flexibility index (Phi) is 4.00. The van der Waals surface area contributed by atoms with Crippen LogP contribution in [0.25, 0.3) is 0 Å². The third kappa shape index (κ3) is 3.17. The minimum Gasteiger partial charge on any atom is -0.375 e. The number of aromatic nitrogens is 3. The Labute approximate surface area is 122 Å². The van der Waals surface area contributed by atoms with E-state index < -0.39 is 0 Å². The van der Waals surface area contributed by atoms with Gasteiger partial charge in [-0.3, -0.25) is 9.80 Å². The van der Waals surface area contributed by atoms with Crippen molar-refractivity contribution in [1.82, 2.24) is 24.3 Å². The summed E-state index contributed by atoms with van der Waals surface area (Å²) in [5.41, 5.74) is 5.67. The minimum atomic E-state index is 0.661. The molecule has 3 heterocycles. The predicted octanol–water partition coefficient (Wildman–Crippen LogP) is 0.777. The highest BCUT2D eigenvalue weighted by Gasteiger charge is 2.18. The summed E-state index contributed by atoms with van der Waals surface area (Å²) in [7, 11) is 2.05. The van der Waals surface area contributed by atoms with Gasteiger partial charge < -0.3 is 10.3 Å². The molecule has 1 aliphatic heterocycles. The van der Waals surface area contributed by atoms with Gasteiger partial charge in [-0.1, -0.05) is 0 Å². The van der Waals surface area contributed by atoms with Crippen molar-refractivity contribution < 1.29 is 0 Å². The molecule has 1 fully saturated rings. The summed E-state index contributed by atoms with van der Waals surface area (Å²) in [6, 6.07) is 0. The van der Waals surface area contributed by atoms with Crippen LogP contribution in [0.5, 0.6) is 0 Å². The zero-order chi connectivity index (χ0) is 13.9. The van der Waals surface area contributed by atoms with Gasteiger partial charge in [-0.2, -0.15) is 0 Å². The van der Waals surface area contributed by atoms with Crippen molar-refractivity contribution in [2.45, 2.75) is 13.1 Å². The van der Waals surface area contributed by atoms with Crippen LogP contribution in [0.1, 0.15) is 10.7 Å². The first-order chi connectivity index (χ1) is 9.70. The molecule has 1 saturated heterocycles. The van der Waals surface area contributed by atoms with Crippen molar-refractivity contribution in [2.75, 3.05) is 31.9 Å². The molecule has 6 nitrogen and oxygen atoms in total. The molecule has 0 spiro atoms. The van der Waals surface area contributed by atoms with Crippen LogP contribution in [0, 0.1) is 0 Å². The molecule has 1 aliphatic rings. The molecule has 0 aliphatic carbocycles. The fraction of sp³-hybridized carbons (Fsp3) is 0.538. The lowest BCUT2D eigenvalue weighted by atomic mass is 10.3. The van der Waals surface area contributed by atoms with Gasteiger partial charge in [-0.15, -0.1) is 11.3 Å². The summed E-state index contributed by atoms with van der Waals surface area (Å²) in [5, 5.41) is 0.661. The van der Waals surface area contributed by atoms with Crippen LogP contribution in [0.2, 0.25) is 0 Å². The van der Waals surface area contributed by atoms with Crippen LogP contribution in [-0.2, 0) is 20.1 Å². The van der Waals surface area contributed by atoms with Crippen molar-refractivity contribution in [1.29, 1.82) is 0 Å². The average Bonchev–Trinajstić information content (AvgIpc) is 3.02. The number of aryl methyl sites for hydroxylation is 1. The molecule has 20 heavy (non-hydrogen) atoms. The van der Waals surface area contributed by atoms with E-state index in [9.17, 15) is 0 Å². The van der Waals surface area contributed by atoms with E-state index in [-0.39, 0.29) is 0 Å². The molecule has 7 heteroatoms. The lowest BCUT2D eigenvalue weighted by Gasteiger charge is -2.34. The van der Waals surface area contributed by atoms with Crippen LogP contribution < -0.4 is 5.73 Å². The van der Waals surface area contributed by atoms with E-state index in [1.165, 1.54) is 4.88 Å². The maximum atomic E-state index is 5.67. The van der Waals surface area contributed by atoms with Crippen molar-refractivity contribution in [3.63, 3.8) is 0 Å². The highest BCUT2D eigenvalue weighted by Crippen LogP contribution is 2.17. The number of hydrogen-bond acceptors (Lipinski definition) is 6. The van der Waals surface area contributed by atoms with Crippen LogP contribution in [0.4, 0.5) is 5.13 Å². The summed E-state index contributed by atoms with van der Waals surface area (Å²) in [4.78, 5) is 14.7. The molecule has 2 aromatic heterocycles. The van der Waals surface area contributed by atoms with Gasteiger partial charge in [-0.05, 0) is 0 Å². The zero-order valence-corrected chi connectivity index (χ0v) is 12.5. The van der Waals surface area contributed by atoms with Gasteiger partial charge in [0.2, 0.25) is 0 Å². The van der Waals surface area contributed by atoms with E-state index in [1.54, 1.807) is 11.3 Å². The normalized spacial score (nSPS) is 17.6. The molecule has 2 N–H and O–H groups in total. The van der Waals surface area contributed by atoms with Crippen LogP contribution in [0.3, 0.4) is 0 Å². The number of rotatable bonds is 4. The molecule has 0 aromatic carbocycles. The maximum Gasteiger partial charge on any atom is 0.180 e. The summed E-state index contributed by atoms with van der Waals surface area (Å²) in [5.74, 6) is 1.13. The van der Waals surface area contributed by atoms with Gasteiger partial charge >= 0.3 is 0 Å². The number of nitrogens with zero attached hydrogens (tertiary/aromatic N) is 5. The predicted molar refractivity (Wildman–Crippen MR) is 80.3 cm³/mol. The first kappa shape index (κ1) is 13.5. The van der Waals surface area contributed by atoms with E-state index >= 15 is 0 Å². The Morgan fingerprint density at radius 1 is 1.15 bits per heavy atom. The van der Waals surface area contributed by atoms with Gasteiger partial charge in [0.05, 0.1) is 6.54 Å². The lowest BCUT2D eigenvalue weighted by Crippen LogP contribution is -2.45. The van der Waals surface area contributed by atoms with Gasteiger partial charge in [0.15, 0.2) is 5.13 Å². The molecule has 0 unspecified atom stereocenters. The minimum absolute atomic E-state index is 0.661. The van der Waals surface area contributed by atoms with Gasteiger partial charge in [0.25, 0.3) is 0 Å². The van der Waals surface area contributed by atoms with Gasteiger partial charge in [0, 0.05) is 63.2 Å². The number of anilines is 1. The zero-order valence-electron chi connectivity index (χ0n) is 11.7. The molecule has 0 atom stereocenters. The SMILES string of the molecule is Cn1ccnc1CN1CCN(Cc2cnc(N)s2)CC1. The Bertz CT molecular complexity index is 555. The monoisotopic (exact) mass is 292 g/mol. The van der Waals surface area contributed by atoms with Crippen molar-refractivity contribution in [2.24, 2.45) is 7.05 Å². The summed E-state index contributed by atoms with van der Waals surface area (Å²) >= 11 is 1.59. The molecule has 2 aromatic rings. The highest BCUT2D eigenvalue weighted by molar-refractivity contribution is 7.15. The Hall–Kier alpha value is -1.44. The van der Waals surface area contributed by atoms with Crippen LogP contribution in [-0.4, -0.2) is 50.5 Å². The molecular formula is C13H20N6S. The van der Waals surface area contributed by atoms with Gasteiger partial charge in [-0.25, -0.2) is 9.97 Å². The van der Waals surface area contributed by atoms with Crippen LogP contribution >= 0.6 is 11.3 Å². The molecule has 3 rings (SSSR count). The van der Waals surface area contributed by atoms with E-state index in [0.717, 1.165) is 45.1 Å². The second-order valence-corrected chi connectivity index (χ2v) is 6.32. The number of nitrogen functional groups attached to an aromatic ring is 1. The highest BCUT2D eigenvalue weighted by atomic mass is 32.1. The van der Waals surface area contributed by atoms with E-state index in [2.05, 4.69) is 24.3 Å². The quantitative estimate of drug-likeness (QED) is 0.902. The van der Waals surface area contributed by atoms with Crippen molar-refractivity contribution in [3.8, 4) is 0 Å². The second-order valence-electron chi connectivity index (χ2n) is 5.17. The fourth-order valence-corrected chi connectivity index (χ4v) is 3.20. The number of imidazole rings is 1. The largest absolute Gasteiger partial charge is 0.375 e. The van der Waals surface area contributed by atoms with Crippen molar-refractivity contribution >= 4 is 16.5 Å². The summed E-state index contributed by atoms with van der Waals surface area (Å²) < 4.78 is 2.09. The molecule has 0 saturated carbocycles. The number of hydrogen-bond donors (Lipinski definition) is 1. The summed E-state index contributed by atoms with van der Waals surface area (Å²) in [6.45, 7) is 6.24. The first-order valence-electron chi connectivity index (χ1n) is 6.82. The van der Waals surface area contributed by atoms with Crippen LogP contribution in [0.15, 0.2) is 18.6 Å². The molecule has 108 valence electrons. The van der Waals surface area contributed by atoms with Gasteiger partial charge in [0.1, 0.15) is 5.82 Å². The van der Waals surface area contributed by atoms with E-state index in [1.807, 2.05) is 25.6 Å². The van der Waals surface area contributed by atoms with E-state index in [0.29, 0.717) is 5.13 Å². The Morgan fingerprint density at radius 3 is 2.40 bits per heavy atom. The summed E-state index contributed by atoms with van der Waals surface area (Å²) in [6.07, 6.45) is 5.75. The standard InChI is InChI=1S/C13H20N6S/c1-17-3-2-15-12(17)10-19-6-4-18(5-7-19)9-11-8-16-13(14)20-11/h2-3,8H,4-7,9-10H2,1H3,(H2,14,16). The average molecular weight is 292 g/mol. The Balaban J connectivity index is 1.48. The van der Waals surface area contributed by atoms with Crippen molar-refractivity contribution in [3.05, 3.63) is 29.3 Å². The molecular weight excluding hydrogens is 272 g/mol. The maximum absolute atomic E-state index is 5.67. The first-order valence-corrected chi connectivity index (χ1v) is 7.63.